The molecule has 3 N–H and O–H groups in total. The molecule has 4 heterocycles. The minimum atomic E-state index is 0.328. The predicted octanol–water partition coefficient (Wildman–Crippen LogP) is 2.76. The van der Waals surface area contributed by atoms with Gasteiger partial charge in [-0.1, -0.05) is 11.8 Å². The molecule has 0 spiro atoms. The zero-order chi connectivity index (χ0) is 21.5. The van der Waals surface area contributed by atoms with E-state index < -0.39 is 0 Å². The van der Waals surface area contributed by atoms with Crippen molar-refractivity contribution in [2.75, 3.05) is 26.0 Å². The number of pyridine rings is 1. The van der Waals surface area contributed by atoms with Gasteiger partial charge in [0, 0.05) is 50.7 Å². The molecule has 1 saturated heterocycles. The maximum atomic E-state index is 6.27. The van der Waals surface area contributed by atoms with E-state index in [4.69, 9.17) is 10.5 Å². The number of nitrogens with zero attached hydrogens (tertiary/aromatic N) is 4. The van der Waals surface area contributed by atoms with Crippen molar-refractivity contribution in [3.05, 3.63) is 53.6 Å². The molecule has 0 aliphatic carbocycles. The van der Waals surface area contributed by atoms with Crippen LogP contribution >= 0.6 is 0 Å². The first-order valence-electron chi connectivity index (χ1n) is 10.5. The summed E-state index contributed by atoms with van der Waals surface area (Å²) in [7, 11) is 3.76. The molecule has 158 valence electrons. The van der Waals surface area contributed by atoms with Crippen molar-refractivity contribution < 1.29 is 4.74 Å². The summed E-state index contributed by atoms with van der Waals surface area (Å²) in [6.45, 7) is 3.61. The Morgan fingerprint density at radius 3 is 2.97 bits per heavy atom. The van der Waals surface area contributed by atoms with Gasteiger partial charge in [-0.3, -0.25) is 0 Å². The summed E-state index contributed by atoms with van der Waals surface area (Å²) >= 11 is 0. The van der Waals surface area contributed by atoms with Crippen LogP contribution in [0.15, 0.2) is 36.7 Å². The molecular formula is C24H26N6O. The summed E-state index contributed by atoms with van der Waals surface area (Å²) in [4.78, 5) is 8.88. The summed E-state index contributed by atoms with van der Waals surface area (Å²) in [5, 5.41) is 4.46. The zero-order valence-electron chi connectivity index (χ0n) is 18.0. The number of aryl methyl sites for hydroxylation is 2. The molecule has 0 amide bonds. The first kappa shape index (κ1) is 19.6. The van der Waals surface area contributed by atoms with Crippen molar-refractivity contribution in [1.82, 2.24) is 24.4 Å². The van der Waals surface area contributed by atoms with E-state index in [0.717, 1.165) is 51.9 Å². The van der Waals surface area contributed by atoms with Gasteiger partial charge in [0.05, 0.1) is 34.1 Å². The largest absolute Gasteiger partial charge is 0.383 e. The number of nitrogen functional groups attached to an aromatic ring is 1. The Kier molecular flexibility index (Phi) is 4.89. The van der Waals surface area contributed by atoms with Gasteiger partial charge in [0.1, 0.15) is 11.6 Å². The summed E-state index contributed by atoms with van der Waals surface area (Å²) in [6.07, 6.45) is 4.88. The Hall–Kier alpha value is -3.34. The molecule has 1 aromatic carbocycles. The fourth-order valence-corrected chi connectivity index (χ4v) is 4.49. The Bertz CT molecular complexity index is 1340. The third-order valence-electron chi connectivity index (χ3n) is 6.18. The molecule has 31 heavy (non-hydrogen) atoms. The molecule has 0 radical (unpaired) electrons. The van der Waals surface area contributed by atoms with E-state index in [1.165, 1.54) is 0 Å². The topological polar surface area (TPSA) is 82.9 Å². The van der Waals surface area contributed by atoms with Crippen LogP contribution < -0.4 is 11.1 Å². The lowest BCUT2D eigenvalue weighted by atomic mass is 10.1. The number of hydrogen-bond donors (Lipinski definition) is 2. The Morgan fingerprint density at radius 2 is 2.13 bits per heavy atom. The molecule has 1 aliphatic heterocycles. The van der Waals surface area contributed by atoms with Crippen LogP contribution in [0.25, 0.3) is 21.9 Å². The number of nitrogens with one attached hydrogen (secondary N) is 1. The van der Waals surface area contributed by atoms with Crippen LogP contribution in [0, 0.1) is 18.8 Å². The molecule has 7 heteroatoms. The fourth-order valence-electron chi connectivity index (χ4n) is 4.49. The van der Waals surface area contributed by atoms with Crippen molar-refractivity contribution in [3.8, 4) is 11.8 Å². The van der Waals surface area contributed by atoms with Gasteiger partial charge in [-0.2, -0.15) is 0 Å². The van der Waals surface area contributed by atoms with Crippen molar-refractivity contribution >= 4 is 27.8 Å². The Labute approximate surface area is 181 Å². The van der Waals surface area contributed by atoms with E-state index in [9.17, 15) is 0 Å². The molecule has 1 fully saturated rings. The van der Waals surface area contributed by atoms with Gasteiger partial charge in [0.2, 0.25) is 0 Å². The average Bonchev–Trinajstić information content (AvgIpc) is 3.44. The highest BCUT2D eigenvalue weighted by Crippen LogP contribution is 2.31. The van der Waals surface area contributed by atoms with Crippen molar-refractivity contribution in [2.24, 2.45) is 7.05 Å². The first-order chi connectivity index (χ1) is 15.0. The van der Waals surface area contributed by atoms with Crippen LogP contribution in [-0.4, -0.2) is 45.4 Å². The molecule has 0 saturated carbocycles. The lowest BCUT2D eigenvalue weighted by Crippen LogP contribution is -2.25. The second-order valence-electron chi connectivity index (χ2n) is 8.16. The van der Waals surface area contributed by atoms with E-state index in [0.29, 0.717) is 24.5 Å². The van der Waals surface area contributed by atoms with E-state index >= 15 is 0 Å². The molecule has 7 nitrogen and oxygen atoms in total. The van der Waals surface area contributed by atoms with E-state index in [1.54, 1.807) is 13.3 Å². The standard InChI is InChI=1S/C24H26N6O/c1-15-28-20-7-5-16(10-22(20)29(15)2)4-6-17-13-30(19-11-18(14-31-3)27-12-19)21-8-9-26-24(25)23(17)21/h5,7-10,13,18-19,27H,11-12,14H2,1-3H3,(H2,25,26)/t18-,19+/m1/s1. The minimum Gasteiger partial charge on any atom is -0.383 e. The smallest absolute Gasteiger partial charge is 0.134 e. The summed E-state index contributed by atoms with van der Waals surface area (Å²) in [6, 6.07) is 8.82. The number of ether oxygens (including phenoxy) is 1. The number of methoxy groups -OCH3 is 1. The van der Waals surface area contributed by atoms with Gasteiger partial charge in [-0.25, -0.2) is 9.97 Å². The monoisotopic (exact) mass is 414 g/mol. The van der Waals surface area contributed by atoms with Gasteiger partial charge in [-0.05, 0) is 37.6 Å². The van der Waals surface area contributed by atoms with Crippen LogP contribution in [-0.2, 0) is 11.8 Å². The Balaban J connectivity index is 1.55. The van der Waals surface area contributed by atoms with E-state index in [1.807, 2.05) is 32.2 Å². The Morgan fingerprint density at radius 1 is 1.26 bits per heavy atom. The molecule has 0 bridgehead atoms. The third kappa shape index (κ3) is 3.44. The van der Waals surface area contributed by atoms with Gasteiger partial charge >= 0.3 is 0 Å². The van der Waals surface area contributed by atoms with Crippen LogP contribution in [0.2, 0.25) is 0 Å². The van der Waals surface area contributed by atoms with E-state index in [-0.39, 0.29) is 0 Å². The zero-order valence-corrected chi connectivity index (χ0v) is 18.0. The summed E-state index contributed by atoms with van der Waals surface area (Å²) < 4.78 is 9.69. The number of aromatic nitrogens is 4. The van der Waals surface area contributed by atoms with Gasteiger partial charge in [0.25, 0.3) is 0 Å². The SMILES string of the molecule is COC[C@H]1C[C@H](n2cc(C#Cc3ccc4nc(C)n(C)c4c3)c3c(N)nccc32)CN1. The lowest BCUT2D eigenvalue weighted by molar-refractivity contribution is 0.172. The fraction of sp³-hybridized carbons (Fsp3) is 0.333. The summed E-state index contributed by atoms with van der Waals surface area (Å²) in [5.41, 5.74) is 11.2. The highest BCUT2D eigenvalue weighted by atomic mass is 16.5. The van der Waals surface area contributed by atoms with Crippen molar-refractivity contribution in [1.29, 1.82) is 0 Å². The van der Waals surface area contributed by atoms with E-state index in [2.05, 4.69) is 48.5 Å². The van der Waals surface area contributed by atoms with Crippen LogP contribution in [0.5, 0.6) is 0 Å². The first-order valence-corrected chi connectivity index (χ1v) is 10.5. The lowest BCUT2D eigenvalue weighted by Gasteiger charge is -2.13. The normalized spacial score (nSPS) is 18.5. The predicted molar refractivity (Wildman–Crippen MR) is 123 cm³/mol. The number of benzene rings is 1. The summed E-state index contributed by atoms with van der Waals surface area (Å²) in [5.74, 6) is 8.17. The van der Waals surface area contributed by atoms with Gasteiger partial charge in [0.15, 0.2) is 0 Å². The number of anilines is 1. The molecule has 4 aromatic rings. The van der Waals surface area contributed by atoms with Crippen molar-refractivity contribution in [3.63, 3.8) is 0 Å². The third-order valence-corrected chi connectivity index (χ3v) is 6.18. The van der Waals surface area contributed by atoms with Crippen molar-refractivity contribution in [2.45, 2.75) is 25.4 Å². The van der Waals surface area contributed by atoms with Crippen LogP contribution in [0.1, 0.15) is 29.4 Å². The highest BCUT2D eigenvalue weighted by Gasteiger charge is 2.27. The molecule has 2 atom stereocenters. The second kappa shape index (κ2) is 7.73. The minimum absolute atomic E-state index is 0.328. The average molecular weight is 415 g/mol. The maximum absolute atomic E-state index is 6.27. The second-order valence-corrected chi connectivity index (χ2v) is 8.16. The quantitative estimate of drug-likeness (QED) is 0.504. The molecule has 3 aromatic heterocycles. The van der Waals surface area contributed by atoms with Crippen LogP contribution in [0.3, 0.4) is 0 Å². The molecule has 0 unspecified atom stereocenters. The highest BCUT2D eigenvalue weighted by molar-refractivity contribution is 5.95. The molecular weight excluding hydrogens is 388 g/mol. The van der Waals surface area contributed by atoms with Crippen LogP contribution in [0.4, 0.5) is 5.82 Å². The number of rotatable bonds is 3. The maximum Gasteiger partial charge on any atom is 0.134 e. The van der Waals surface area contributed by atoms with Gasteiger partial charge < -0.3 is 24.9 Å². The number of nitrogens with two attached hydrogens (primary N) is 1. The number of imidazole rings is 1. The number of hydrogen-bond acceptors (Lipinski definition) is 5. The van der Waals surface area contributed by atoms with Gasteiger partial charge in [-0.15, -0.1) is 0 Å². The number of fused-ring (bicyclic) bond motifs is 2. The molecule has 1 aliphatic rings. The molecule has 5 rings (SSSR count).